The smallest absolute Gasteiger partial charge is 0.313 e. The number of aromatic hydroxyl groups is 1. The summed E-state index contributed by atoms with van der Waals surface area (Å²) < 4.78 is 12.5. The van der Waals surface area contributed by atoms with Gasteiger partial charge in [0.05, 0.1) is 19.1 Å². The molecule has 4 rings (SSSR count). The highest BCUT2D eigenvalue weighted by Crippen LogP contribution is 2.38. The topological polar surface area (TPSA) is 62.2 Å². The van der Waals surface area contributed by atoms with Crippen LogP contribution in [0.4, 0.5) is 0 Å². The molecule has 0 aromatic heterocycles. The van der Waals surface area contributed by atoms with Gasteiger partial charge in [0, 0.05) is 47.1 Å². The number of carbonyl (C=O) groups excluding carboxylic acids is 1. The van der Waals surface area contributed by atoms with Crippen molar-refractivity contribution in [3.8, 4) is 11.5 Å². The minimum atomic E-state index is -0.241. The third-order valence-electron chi connectivity index (χ3n) is 10.5. The van der Waals surface area contributed by atoms with E-state index >= 15 is 0 Å². The predicted octanol–water partition coefficient (Wildman–Crippen LogP) is 11.0. The van der Waals surface area contributed by atoms with Gasteiger partial charge in [0.1, 0.15) is 11.5 Å². The Balaban J connectivity index is 1.61. The molecule has 2 unspecified atom stereocenters. The Morgan fingerprint density at radius 2 is 1.00 bits per heavy atom. The number of hydrogen-bond donors (Lipinski definition) is 1. The number of rotatable bonds is 20. The molecular formula is C48H66N2O4. The molecule has 0 fully saturated rings. The highest BCUT2D eigenvalue weighted by atomic mass is 16.5. The van der Waals surface area contributed by atoms with Gasteiger partial charge in [-0.15, -0.1) is 0 Å². The molecule has 0 saturated carbocycles. The molecule has 0 aliphatic carbocycles. The fourth-order valence-corrected chi connectivity index (χ4v) is 7.69. The van der Waals surface area contributed by atoms with E-state index < -0.39 is 0 Å². The van der Waals surface area contributed by atoms with E-state index in [4.69, 9.17) is 9.47 Å². The summed E-state index contributed by atoms with van der Waals surface area (Å²) in [5.41, 5.74) is 6.35. The van der Waals surface area contributed by atoms with E-state index in [1.54, 1.807) is 0 Å². The van der Waals surface area contributed by atoms with Crippen LogP contribution in [-0.4, -0.2) is 58.1 Å². The minimum Gasteiger partial charge on any atom is -0.508 e. The molecule has 54 heavy (non-hydrogen) atoms. The van der Waals surface area contributed by atoms with Crippen molar-refractivity contribution in [3.63, 3.8) is 0 Å². The van der Waals surface area contributed by atoms with Gasteiger partial charge in [-0.25, -0.2) is 0 Å². The molecule has 2 atom stereocenters. The molecule has 0 bridgehead atoms. The van der Waals surface area contributed by atoms with Gasteiger partial charge in [-0.1, -0.05) is 86.6 Å². The minimum absolute atomic E-state index is 0.0259. The molecule has 6 nitrogen and oxygen atoms in total. The molecule has 1 N–H and O–H groups in total. The first kappa shape index (κ1) is 42.8. The number of phenolic OH excluding ortho intramolecular Hbond substituents is 1. The largest absolute Gasteiger partial charge is 0.508 e. The van der Waals surface area contributed by atoms with E-state index in [0.717, 1.165) is 48.2 Å². The Morgan fingerprint density at radius 3 is 1.44 bits per heavy atom. The number of hydrogen-bond acceptors (Lipinski definition) is 6. The third-order valence-corrected chi connectivity index (χ3v) is 10.5. The van der Waals surface area contributed by atoms with Crippen molar-refractivity contribution >= 4 is 5.97 Å². The molecule has 0 spiro atoms. The van der Waals surface area contributed by atoms with E-state index in [9.17, 15) is 9.90 Å². The molecule has 0 amide bonds. The average Bonchev–Trinajstić information content (AvgIpc) is 3.13. The second kappa shape index (κ2) is 20.6. The van der Waals surface area contributed by atoms with Crippen LogP contribution in [0, 0.1) is 5.92 Å². The summed E-state index contributed by atoms with van der Waals surface area (Å²) in [7, 11) is 0. The molecule has 0 aliphatic rings. The maximum Gasteiger partial charge on any atom is 0.313 e. The van der Waals surface area contributed by atoms with Crippen LogP contribution in [0.25, 0.3) is 0 Å². The summed E-state index contributed by atoms with van der Waals surface area (Å²) in [6.07, 6.45) is 1.77. The first-order valence-electron chi connectivity index (χ1n) is 20.1. The van der Waals surface area contributed by atoms with Crippen molar-refractivity contribution in [2.24, 2.45) is 5.92 Å². The molecule has 0 heterocycles. The van der Waals surface area contributed by atoms with Gasteiger partial charge in [0.25, 0.3) is 0 Å². The van der Waals surface area contributed by atoms with Gasteiger partial charge in [-0.3, -0.25) is 14.6 Å². The lowest BCUT2D eigenvalue weighted by molar-refractivity contribution is -0.137. The van der Waals surface area contributed by atoms with Crippen LogP contribution < -0.4 is 4.74 Å². The molecule has 6 heteroatoms. The predicted molar refractivity (Wildman–Crippen MR) is 223 cm³/mol. The van der Waals surface area contributed by atoms with Crippen LogP contribution in [0.2, 0.25) is 0 Å². The van der Waals surface area contributed by atoms with Crippen LogP contribution >= 0.6 is 0 Å². The summed E-state index contributed by atoms with van der Waals surface area (Å²) in [6.45, 7) is 24.3. The Labute approximate surface area is 326 Å². The quantitative estimate of drug-likeness (QED) is 0.0720. The monoisotopic (exact) mass is 735 g/mol. The molecule has 0 aliphatic heterocycles. The Hall–Kier alpha value is -3.97. The lowest BCUT2D eigenvalue weighted by Gasteiger charge is -2.32. The van der Waals surface area contributed by atoms with E-state index in [-0.39, 0.29) is 23.7 Å². The highest BCUT2D eigenvalue weighted by Gasteiger charge is 2.25. The van der Waals surface area contributed by atoms with Gasteiger partial charge in [0.2, 0.25) is 0 Å². The molecule has 292 valence electrons. The number of phenols is 1. The highest BCUT2D eigenvalue weighted by molar-refractivity contribution is 5.75. The van der Waals surface area contributed by atoms with Crippen molar-refractivity contribution in [2.45, 2.75) is 131 Å². The number of esters is 1. The Kier molecular flexibility index (Phi) is 16.3. The standard InChI is InChI=1S/C48H66N2O4/c1-33(2)48(52)54-47-24-22-39(30-45(47)43(41-19-15-12-16-20-41)26-28-50(36(7)8)37(9)10)32-53-31-38-21-23-46(51)44(29-38)42(40-17-13-11-14-18-40)25-27-49(34(3)4)35(5)6/h11-24,29-30,33-37,42-43,51H,25-28,31-32H2,1-10H3. The maximum atomic E-state index is 12.9. The van der Waals surface area contributed by atoms with Crippen molar-refractivity contribution in [1.82, 2.24) is 9.80 Å². The summed E-state index contributed by atoms with van der Waals surface area (Å²) in [5, 5.41) is 11.2. The number of carbonyl (C=O) groups is 1. The lowest BCUT2D eigenvalue weighted by Crippen LogP contribution is -2.38. The van der Waals surface area contributed by atoms with Gasteiger partial charge in [0.15, 0.2) is 0 Å². The lowest BCUT2D eigenvalue weighted by atomic mass is 9.86. The van der Waals surface area contributed by atoms with Crippen molar-refractivity contribution in [1.29, 1.82) is 0 Å². The molecule has 4 aromatic carbocycles. The second-order valence-corrected chi connectivity index (χ2v) is 16.2. The van der Waals surface area contributed by atoms with Crippen molar-refractivity contribution in [2.75, 3.05) is 13.1 Å². The van der Waals surface area contributed by atoms with Gasteiger partial charge >= 0.3 is 5.97 Å². The van der Waals surface area contributed by atoms with Crippen molar-refractivity contribution in [3.05, 3.63) is 130 Å². The zero-order valence-corrected chi connectivity index (χ0v) is 34.6. The number of ether oxygens (including phenoxy) is 2. The molecular weight excluding hydrogens is 669 g/mol. The van der Waals surface area contributed by atoms with Crippen LogP contribution in [0.3, 0.4) is 0 Å². The van der Waals surface area contributed by atoms with E-state index in [1.165, 1.54) is 11.1 Å². The maximum absolute atomic E-state index is 12.9. The summed E-state index contributed by atoms with van der Waals surface area (Å²) in [4.78, 5) is 18.0. The van der Waals surface area contributed by atoms with Crippen molar-refractivity contribution < 1.29 is 19.4 Å². The van der Waals surface area contributed by atoms with E-state index in [2.05, 4.69) is 126 Å². The SMILES string of the molecule is CC(C)C(=O)Oc1ccc(COCc2ccc(O)c(C(CCN(C(C)C)C(C)C)c3ccccc3)c2)cc1C(CCN(C(C)C)C(C)C)c1ccccc1. The van der Waals surface area contributed by atoms with Gasteiger partial charge < -0.3 is 14.6 Å². The first-order chi connectivity index (χ1) is 25.8. The van der Waals surface area contributed by atoms with Gasteiger partial charge in [-0.2, -0.15) is 0 Å². The van der Waals surface area contributed by atoms with Gasteiger partial charge in [-0.05, 0) is 128 Å². The Bertz CT molecular complexity index is 1700. The number of nitrogens with zero attached hydrogens (tertiary/aromatic N) is 2. The Morgan fingerprint density at radius 1 is 0.574 bits per heavy atom. The fourth-order valence-electron chi connectivity index (χ4n) is 7.69. The second-order valence-electron chi connectivity index (χ2n) is 16.2. The zero-order chi connectivity index (χ0) is 39.4. The fraction of sp³-hybridized carbons (Fsp3) is 0.479. The summed E-state index contributed by atoms with van der Waals surface area (Å²) >= 11 is 0. The average molecular weight is 735 g/mol. The molecule has 0 saturated heterocycles. The zero-order valence-electron chi connectivity index (χ0n) is 34.6. The molecule has 4 aromatic rings. The summed E-state index contributed by atoms with van der Waals surface area (Å²) in [5.74, 6) is 0.510. The third kappa shape index (κ3) is 12.0. The van der Waals surface area contributed by atoms with E-state index in [1.807, 2.05) is 50.2 Å². The normalized spacial score (nSPS) is 13.2. The van der Waals surface area contributed by atoms with Crippen LogP contribution in [0.5, 0.6) is 11.5 Å². The van der Waals surface area contributed by atoms with Crippen LogP contribution in [0.15, 0.2) is 97.1 Å². The van der Waals surface area contributed by atoms with Crippen LogP contribution in [-0.2, 0) is 22.7 Å². The van der Waals surface area contributed by atoms with E-state index in [0.29, 0.717) is 48.9 Å². The number of benzene rings is 4. The molecule has 0 radical (unpaired) electrons. The summed E-state index contributed by atoms with van der Waals surface area (Å²) in [6, 6.07) is 34.7. The van der Waals surface area contributed by atoms with Crippen LogP contribution in [0.1, 0.15) is 127 Å². The first-order valence-corrected chi connectivity index (χ1v) is 20.1.